The SMILES string of the molecule is C=C(C)C(=O)OCCNC(=O)OCNC1CC2C=CC1C2. The molecule has 0 aliphatic heterocycles. The molecule has 0 aromatic heterocycles. The normalized spacial score (nSPS) is 25.7. The highest BCUT2D eigenvalue weighted by Crippen LogP contribution is 2.38. The van der Waals surface area contributed by atoms with Gasteiger partial charge in [0.25, 0.3) is 0 Å². The van der Waals surface area contributed by atoms with Crippen LogP contribution in [0.25, 0.3) is 0 Å². The van der Waals surface area contributed by atoms with Crippen molar-refractivity contribution in [2.24, 2.45) is 11.8 Å². The zero-order valence-electron chi connectivity index (χ0n) is 12.3. The fraction of sp³-hybridized carbons (Fsp3) is 0.600. The first-order chi connectivity index (χ1) is 10.1. The van der Waals surface area contributed by atoms with Crippen molar-refractivity contribution in [3.05, 3.63) is 24.3 Å². The summed E-state index contributed by atoms with van der Waals surface area (Å²) in [5.41, 5.74) is 0.335. The molecule has 116 valence electrons. The number of carbonyl (C=O) groups is 2. The maximum Gasteiger partial charge on any atom is 0.408 e. The number of fused-ring (bicyclic) bond motifs is 2. The largest absolute Gasteiger partial charge is 0.460 e. The van der Waals surface area contributed by atoms with E-state index in [1.165, 1.54) is 6.42 Å². The third kappa shape index (κ3) is 4.60. The van der Waals surface area contributed by atoms with Crippen LogP contribution in [0.2, 0.25) is 0 Å². The number of allylic oxidation sites excluding steroid dienone is 1. The summed E-state index contributed by atoms with van der Waals surface area (Å²) < 4.78 is 9.86. The van der Waals surface area contributed by atoms with Crippen LogP contribution in [0.15, 0.2) is 24.3 Å². The Morgan fingerprint density at radius 3 is 2.71 bits per heavy atom. The molecule has 0 heterocycles. The van der Waals surface area contributed by atoms with Crippen molar-refractivity contribution in [1.29, 1.82) is 0 Å². The molecule has 0 radical (unpaired) electrons. The van der Waals surface area contributed by atoms with E-state index in [0.717, 1.165) is 6.42 Å². The molecule has 0 saturated heterocycles. The monoisotopic (exact) mass is 294 g/mol. The molecule has 0 aromatic carbocycles. The van der Waals surface area contributed by atoms with Gasteiger partial charge >= 0.3 is 12.1 Å². The van der Waals surface area contributed by atoms with Crippen LogP contribution in [-0.2, 0) is 14.3 Å². The quantitative estimate of drug-likeness (QED) is 0.244. The van der Waals surface area contributed by atoms with Crippen LogP contribution in [0.5, 0.6) is 0 Å². The lowest BCUT2D eigenvalue weighted by molar-refractivity contribution is -0.138. The van der Waals surface area contributed by atoms with Gasteiger partial charge in [-0.25, -0.2) is 9.59 Å². The molecular formula is C15H22N2O4. The van der Waals surface area contributed by atoms with E-state index in [0.29, 0.717) is 23.5 Å². The minimum atomic E-state index is -0.521. The van der Waals surface area contributed by atoms with Gasteiger partial charge in [-0.15, -0.1) is 0 Å². The molecule has 6 heteroatoms. The second-order valence-corrected chi connectivity index (χ2v) is 5.51. The van der Waals surface area contributed by atoms with Crippen molar-refractivity contribution in [3.63, 3.8) is 0 Å². The van der Waals surface area contributed by atoms with Gasteiger partial charge in [0.2, 0.25) is 0 Å². The molecule has 0 aromatic rings. The fourth-order valence-corrected chi connectivity index (χ4v) is 2.70. The molecule has 0 spiro atoms. The lowest BCUT2D eigenvalue weighted by Crippen LogP contribution is -2.37. The second kappa shape index (κ2) is 7.26. The lowest BCUT2D eigenvalue weighted by atomic mass is 10.0. The van der Waals surface area contributed by atoms with E-state index >= 15 is 0 Å². The molecule has 1 saturated carbocycles. The van der Waals surface area contributed by atoms with Crippen LogP contribution in [0.4, 0.5) is 4.79 Å². The Labute approximate surface area is 124 Å². The Hall–Kier alpha value is -1.82. The average Bonchev–Trinajstić information content (AvgIpc) is 3.05. The highest BCUT2D eigenvalue weighted by molar-refractivity contribution is 5.86. The summed E-state index contributed by atoms with van der Waals surface area (Å²) in [6.07, 6.45) is 6.30. The standard InChI is InChI=1S/C15H22N2O4/c1-10(2)14(18)20-6-5-16-15(19)21-9-17-13-8-11-3-4-12(13)7-11/h3-4,11-13,17H,1,5-9H2,2H3,(H,16,19). The molecule has 2 rings (SSSR count). The molecule has 21 heavy (non-hydrogen) atoms. The second-order valence-electron chi connectivity index (χ2n) is 5.51. The summed E-state index contributed by atoms with van der Waals surface area (Å²) >= 11 is 0. The van der Waals surface area contributed by atoms with Crippen molar-refractivity contribution in [1.82, 2.24) is 10.6 Å². The molecule has 2 N–H and O–H groups in total. The van der Waals surface area contributed by atoms with Crippen molar-refractivity contribution < 1.29 is 19.1 Å². The summed E-state index contributed by atoms with van der Waals surface area (Å²) in [6.45, 7) is 5.55. The molecule has 2 bridgehead atoms. The third-order valence-electron chi connectivity index (χ3n) is 3.78. The molecule has 1 amide bonds. The topological polar surface area (TPSA) is 76.7 Å². The Morgan fingerprint density at radius 1 is 1.29 bits per heavy atom. The van der Waals surface area contributed by atoms with E-state index in [9.17, 15) is 9.59 Å². The van der Waals surface area contributed by atoms with Crippen molar-refractivity contribution in [2.75, 3.05) is 19.9 Å². The summed E-state index contributed by atoms with van der Waals surface area (Å²) in [7, 11) is 0. The molecule has 3 atom stereocenters. The van der Waals surface area contributed by atoms with Crippen LogP contribution < -0.4 is 10.6 Å². The van der Waals surface area contributed by atoms with Crippen molar-refractivity contribution in [2.45, 2.75) is 25.8 Å². The van der Waals surface area contributed by atoms with Gasteiger partial charge < -0.3 is 14.8 Å². The first-order valence-electron chi connectivity index (χ1n) is 7.21. The number of alkyl carbamates (subject to hydrolysis) is 1. The maximum absolute atomic E-state index is 11.4. The number of nitrogens with one attached hydrogen (secondary N) is 2. The third-order valence-corrected chi connectivity index (χ3v) is 3.78. The first-order valence-corrected chi connectivity index (χ1v) is 7.21. The summed E-state index contributed by atoms with van der Waals surface area (Å²) in [4.78, 5) is 22.5. The molecule has 3 unspecified atom stereocenters. The smallest absolute Gasteiger partial charge is 0.408 e. The molecule has 1 fully saturated rings. The summed E-state index contributed by atoms with van der Waals surface area (Å²) in [5, 5.41) is 5.75. The first kappa shape index (κ1) is 15.6. The highest BCUT2D eigenvalue weighted by atomic mass is 16.6. The minimum absolute atomic E-state index is 0.103. The number of hydrogen-bond donors (Lipinski definition) is 2. The number of carbonyl (C=O) groups excluding carboxylic acids is 2. The lowest BCUT2D eigenvalue weighted by Gasteiger charge is -2.19. The Morgan fingerprint density at radius 2 is 2.10 bits per heavy atom. The van der Waals surface area contributed by atoms with Gasteiger partial charge in [-0.05, 0) is 31.6 Å². The van der Waals surface area contributed by atoms with Gasteiger partial charge in [-0.2, -0.15) is 0 Å². The van der Waals surface area contributed by atoms with Gasteiger partial charge in [0, 0.05) is 11.6 Å². The molecule has 2 aliphatic carbocycles. The van der Waals surface area contributed by atoms with E-state index in [2.05, 4.69) is 29.4 Å². The average molecular weight is 294 g/mol. The number of hydrogen-bond acceptors (Lipinski definition) is 5. The van der Waals surface area contributed by atoms with Crippen molar-refractivity contribution in [3.8, 4) is 0 Å². The molecule has 2 aliphatic rings. The van der Waals surface area contributed by atoms with Crippen LogP contribution in [0.1, 0.15) is 19.8 Å². The van der Waals surface area contributed by atoms with E-state index in [4.69, 9.17) is 9.47 Å². The summed E-state index contributed by atoms with van der Waals surface area (Å²) in [6, 6.07) is 0.407. The summed E-state index contributed by atoms with van der Waals surface area (Å²) in [5.74, 6) is 0.795. The van der Waals surface area contributed by atoms with Gasteiger partial charge in [-0.3, -0.25) is 5.32 Å². The Balaban J connectivity index is 1.49. The van der Waals surface area contributed by atoms with Gasteiger partial charge in [0.1, 0.15) is 13.3 Å². The fourth-order valence-electron chi connectivity index (χ4n) is 2.70. The number of ether oxygens (including phenoxy) is 2. The van der Waals surface area contributed by atoms with Crippen LogP contribution >= 0.6 is 0 Å². The van der Waals surface area contributed by atoms with Crippen molar-refractivity contribution >= 4 is 12.1 Å². The zero-order valence-corrected chi connectivity index (χ0v) is 12.3. The van der Waals surface area contributed by atoms with E-state index in [1.54, 1.807) is 6.92 Å². The number of esters is 1. The number of rotatable bonds is 7. The Kier molecular flexibility index (Phi) is 5.38. The Bertz CT molecular complexity index is 447. The van der Waals surface area contributed by atoms with E-state index in [1.807, 2.05) is 0 Å². The van der Waals surface area contributed by atoms with Crippen LogP contribution in [0.3, 0.4) is 0 Å². The van der Waals surface area contributed by atoms with Crippen LogP contribution in [0, 0.1) is 11.8 Å². The van der Waals surface area contributed by atoms with Gasteiger partial charge in [0.15, 0.2) is 0 Å². The van der Waals surface area contributed by atoms with Gasteiger partial charge in [0.05, 0.1) is 6.54 Å². The van der Waals surface area contributed by atoms with Crippen LogP contribution in [-0.4, -0.2) is 38.0 Å². The minimum Gasteiger partial charge on any atom is -0.460 e. The van der Waals surface area contributed by atoms with Gasteiger partial charge in [-0.1, -0.05) is 18.7 Å². The van der Waals surface area contributed by atoms with E-state index in [-0.39, 0.29) is 19.9 Å². The zero-order chi connectivity index (χ0) is 15.2. The predicted molar refractivity (Wildman–Crippen MR) is 77.4 cm³/mol. The number of amides is 1. The maximum atomic E-state index is 11.4. The molecular weight excluding hydrogens is 272 g/mol. The highest BCUT2D eigenvalue weighted by Gasteiger charge is 2.35. The van der Waals surface area contributed by atoms with E-state index < -0.39 is 12.1 Å². The molecule has 6 nitrogen and oxygen atoms in total. The predicted octanol–water partition coefficient (Wildman–Crippen LogP) is 1.34.